The van der Waals surface area contributed by atoms with E-state index in [9.17, 15) is 18.2 Å². The summed E-state index contributed by atoms with van der Waals surface area (Å²) in [6, 6.07) is 4.86. The molecule has 1 atom stereocenters. The third kappa shape index (κ3) is 3.65. The summed E-state index contributed by atoms with van der Waals surface area (Å²) in [5.74, 6) is -0.700. The van der Waals surface area contributed by atoms with Gasteiger partial charge in [-0.3, -0.25) is 4.57 Å². The van der Waals surface area contributed by atoms with Crippen LogP contribution in [-0.2, 0) is 16.3 Å². The van der Waals surface area contributed by atoms with Gasteiger partial charge < -0.3 is 10.6 Å². The zero-order valence-corrected chi connectivity index (χ0v) is 17.6. The van der Waals surface area contributed by atoms with Crippen LogP contribution in [0.5, 0.6) is 0 Å². The van der Waals surface area contributed by atoms with Gasteiger partial charge >= 0.3 is 11.7 Å². The predicted octanol–water partition coefficient (Wildman–Crippen LogP) is 1.71. The van der Waals surface area contributed by atoms with Crippen molar-refractivity contribution in [2.75, 3.05) is 25.1 Å². The molecule has 12 heteroatoms. The van der Waals surface area contributed by atoms with Gasteiger partial charge in [0.2, 0.25) is 5.16 Å². The highest BCUT2D eigenvalue weighted by molar-refractivity contribution is 7.92. The highest BCUT2D eigenvalue weighted by Crippen LogP contribution is 2.21. The number of carbonyl (C=O) groups is 1. The molecule has 3 rings (SSSR count). The molecule has 30 heavy (non-hydrogen) atoms. The maximum atomic E-state index is 13.3. The minimum atomic E-state index is -3.32. The highest BCUT2D eigenvalue weighted by atomic mass is 32.2. The van der Waals surface area contributed by atoms with Gasteiger partial charge in [-0.2, -0.15) is 4.98 Å². The fraction of sp³-hybridized carbons (Fsp3) is 0.333. The van der Waals surface area contributed by atoms with Crippen LogP contribution in [0.1, 0.15) is 19.4 Å². The van der Waals surface area contributed by atoms with Crippen LogP contribution in [0.2, 0.25) is 0 Å². The molecule has 0 aliphatic heterocycles. The lowest BCUT2D eigenvalue weighted by atomic mass is 10.2. The standard InChI is InChI=1S/C18H22FN7O3S/c1-4-24(3)17(27)26-13-14(20)22-16(30(21,29)5-2)23-15(13)25(18(26)28)10-11-6-8-12(19)9-7-11/h6-9,21H,4-5,10H2,1-3H3,(H2,20,22,23)/t30-/m1/s1. The number of rotatable bonds is 5. The highest BCUT2D eigenvalue weighted by Gasteiger charge is 2.26. The number of benzene rings is 1. The Labute approximate surface area is 172 Å². The lowest BCUT2D eigenvalue weighted by molar-refractivity contribution is 0.212. The maximum absolute atomic E-state index is 13.3. The summed E-state index contributed by atoms with van der Waals surface area (Å²) < 4.78 is 35.8. The number of amides is 1. The van der Waals surface area contributed by atoms with Crippen molar-refractivity contribution in [3.05, 3.63) is 46.1 Å². The first kappa shape index (κ1) is 21.4. The van der Waals surface area contributed by atoms with Crippen LogP contribution in [0, 0.1) is 10.6 Å². The van der Waals surface area contributed by atoms with E-state index in [0.29, 0.717) is 12.1 Å². The molecule has 0 aliphatic carbocycles. The van der Waals surface area contributed by atoms with Crippen molar-refractivity contribution in [3.8, 4) is 0 Å². The fourth-order valence-electron chi connectivity index (χ4n) is 2.82. The lowest BCUT2D eigenvalue weighted by Crippen LogP contribution is -2.38. The maximum Gasteiger partial charge on any atom is 0.339 e. The number of hydrogen-bond acceptors (Lipinski definition) is 7. The normalized spacial score (nSPS) is 13.3. The van der Waals surface area contributed by atoms with E-state index in [0.717, 1.165) is 4.57 Å². The Morgan fingerprint density at radius 1 is 1.27 bits per heavy atom. The summed E-state index contributed by atoms with van der Waals surface area (Å²) in [7, 11) is -1.80. The Hall–Kier alpha value is -3.28. The third-order valence-corrected chi connectivity index (χ3v) is 6.31. The largest absolute Gasteiger partial charge is 0.382 e. The number of anilines is 1. The molecule has 0 bridgehead atoms. The van der Waals surface area contributed by atoms with Crippen LogP contribution < -0.4 is 11.4 Å². The number of nitrogens with two attached hydrogens (primary N) is 1. The Kier molecular flexibility index (Phi) is 5.61. The molecule has 0 fully saturated rings. The van der Waals surface area contributed by atoms with E-state index in [1.54, 1.807) is 13.8 Å². The molecule has 2 aromatic heterocycles. The van der Waals surface area contributed by atoms with Crippen molar-refractivity contribution in [1.82, 2.24) is 24.0 Å². The average Bonchev–Trinajstić information content (AvgIpc) is 3.00. The quantitative estimate of drug-likeness (QED) is 0.585. The number of nitrogens with one attached hydrogen (secondary N) is 1. The van der Waals surface area contributed by atoms with Crippen molar-refractivity contribution in [3.63, 3.8) is 0 Å². The van der Waals surface area contributed by atoms with Gasteiger partial charge in [-0.1, -0.05) is 19.1 Å². The van der Waals surface area contributed by atoms with E-state index in [1.807, 2.05) is 0 Å². The van der Waals surface area contributed by atoms with E-state index >= 15 is 0 Å². The zero-order chi connectivity index (χ0) is 22.2. The Balaban J connectivity index is 2.34. The number of imidazole rings is 1. The van der Waals surface area contributed by atoms with Crippen LogP contribution in [0.25, 0.3) is 11.2 Å². The first-order chi connectivity index (χ1) is 14.1. The minimum absolute atomic E-state index is 0.0156. The molecular weight excluding hydrogens is 413 g/mol. The van der Waals surface area contributed by atoms with Gasteiger partial charge in [0.1, 0.15) is 21.1 Å². The molecule has 1 amide bonds. The number of aromatic nitrogens is 4. The second-order valence-electron chi connectivity index (χ2n) is 6.65. The van der Waals surface area contributed by atoms with E-state index < -0.39 is 27.3 Å². The van der Waals surface area contributed by atoms with Crippen molar-refractivity contribution in [1.29, 1.82) is 4.78 Å². The molecule has 2 heterocycles. The summed E-state index contributed by atoms with van der Waals surface area (Å²) in [4.78, 5) is 35.5. The second kappa shape index (κ2) is 7.86. The third-order valence-electron chi connectivity index (χ3n) is 4.72. The molecule has 0 radical (unpaired) electrons. The molecule has 3 N–H and O–H groups in total. The van der Waals surface area contributed by atoms with E-state index in [-0.39, 0.29) is 34.4 Å². The number of hydrogen-bond donors (Lipinski definition) is 2. The number of fused-ring (bicyclic) bond motifs is 1. The average molecular weight is 435 g/mol. The minimum Gasteiger partial charge on any atom is -0.382 e. The first-order valence-corrected chi connectivity index (χ1v) is 10.9. The lowest BCUT2D eigenvalue weighted by Gasteiger charge is -2.14. The summed E-state index contributed by atoms with van der Waals surface area (Å²) in [6.07, 6.45) is 0. The van der Waals surface area contributed by atoms with Gasteiger partial charge in [-0.15, -0.1) is 0 Å². The Morgan fingerprint density at radius 2 is 1.90 bits per heavy atom. The summed E-state index contributed by atoms with van der Waals surface area (Å²) in [6.45, 7) is 3.60. The predicted molar refractivity (Wildman–Crippen MR) is 110 cm³/mol. The molecule has 1 aromatic carbocycles. The smallest absolute Gasteiger partial charge is 0.339 e. The molecule has 0 spiro atoms. The van der Waals surface area contributed by atoms with Crippen molar-refractivity contribution < 1.29 is 13.4 Å². The van der Waals surface area contributed by atoms with Crippen LogP contribution in [0.15, 0.2) is 34.2 Å². The molecule has 0 saturated heterocycles. The zero-order valence-electron chi connectivity index (χ0n) is 16.8. The van der Waals surface area contributed by atoms with Gasteiger partial charge in [0.05, 0.1) is 6.54 Å². The van der Waals surface area contributed by atoms with Crippen molar-refractivity contribution >= 4 is 32.7 Å². The van der Waals surface area contributed by atoms with Crippen LogP contribution in [0.3, 0.4) is 0 Å². The van der Waals surface area contributed by atoms with E-state index in [1.165, 1.54) is 40.8 Å². The SMILES string of the molecule is CCN(C)C(=O)n1c(=O)n(Cc2ccc(F)cc2)c2nc([S@](=N)(=O)CC)nc(N)c21. The second-order valence-corrected chi connectivity index (χ2v) is 8.95. The number of halogens is 1. The van der Waals surface area contributed by atoms with Gasteiger partial charge in [0.15, 0.2) is 11.5 Å². The Morgan fingerprint density at radius 3 is 2.47 bits per heavy atom. The fourth-order valence-corrected chi connectivity index (χ4v) is 3.56. The van der Waals surface area contributed by atoms with Crippen LogP contribution >= 0.6 is 0 Å². The summed E-state index contributed by atoms with van der Waals surface area (Å²) in [5.41, 5.74) is 5.85. The van der Waals surface area contributed by atoms with Crippen molar-refractivity contribution in [2.45, 2.75) is 25.5 Å². The molecule has 3 aromatic rings. The monoisotopic (exact) mass is 435 g/mol. The molecule has 160 valence electrons. The van der Waals surface area contributed by atoms with Gasteiger partial charge in [-0.25, -0.2) is 32.5 Å². The molecule has 10 nitrogen and oxygen atoms in total. The van der Waals surface area contributed by atoms with Gasteiger partial charge in [-0.05, 0) is 24.6 Å². The van der Waals surface area contributed by atoms with E-state index in [4.69, 9.17) is 10.5 Å². The van der Waals surface area contributed by atoms with Gasteiger partial charge in [0, 0.05) is 19.3 Å². The molecular formula is C18H22FN7O3S. The Bertz CT molecular complexity index is 1280. The van der Waals surface area contributed by atoms with Crippen LogP contribution in [0.4, 0.5) is 15.0 Å². The van der Waals surface area contributed by atoms with E-state index in [2.05, 4.69) is 9.97 Å². The summed E-state index contributed by atoms with van der Waals surface area (Å²) >= 11 is 0. The molecule has 0 saturated carbocycles. The van der Waals surface area contributed by atoms with Crippen LogP contribution in [-0.4, -0.2) is 53.6 Å². The summed E-state index contributed by atoms with van der Waals surface area (Å²) in [5, 5.41) is -0.309. The topological polar surface area (TPSA) is 140 Å². The number of carbonyl (C=O) groups excluding carboxylic acids is 1. The number of nitrogens with zero attached hydrogens (tertiary/aromatic N) is 5. The first-order valence-electron chi connectivity index (χ1n) is 9.15. The molecule has 0 unspecified atom stereocenters. The van der Waals surface area contributed by atoms with Gasteiger partial charge in [0.25, 0.3) is 0 Å². The number of nitrogen functional groups attached to an aromatic ring is 1. The molecule has 0 aliphatic rings. The van der Waals surface area contributed by atoms with Crippen molar-refractivity contribution in [2.24, 2.45) is 0 Å².